The zero-order valence-corrected chi connectivity index (χ0v) is 14.0. The number of hydrogen-bond acceptors (Lipinski definition) is 6. The van der Waals surface area contributed by atoms with Gasteiger partial charge in [0, 0.05) is 36.0 Å². The summed E-state index contributed by atoms with van der Waals surface area (Å²) < 4.78 is 0. The first-order valence-electron chi connectivity index (χ1n) is 7.76. The van der Waals surface area contributed by atoms with E-state index in [1.165, 1.54) is 30.6 Å². The minimum atomic E-state index is -0.489. The van der Waals surface area contributed by atoms with E-state index in [1.54, 1.807) is 18.2 Å². The van der Waals surface area contributed by atoms with Crippen LogP contribution in [0.15, 0.2) is 48.8 Å². The van der Waals surface area contributed by atoms with Gasteiger partial charge < -0.3 is 9.97 Å². The molecule has 4 rings (SSSR count). The molecule has 10 nitrogen and oxygen atoms in total. The van der Waals surface area contributed by atoms with Gasteiger partial charge in [0.25, 0.3) is 11.4 Å². The first kappa shape index (κ1) is 18.1. The topological polar surface area (TPSA) is 165 Å². The van der Waals surface area contributed by atoms with Crippen molar-refractivity contribution in [2.24, 2.45) is 0 Å². The van der Waals surface area contributed by atoms with E-state index in [0.29, 0.717) is 32.9 Å². The molecule has 0 amide bonds. The molecule has 0 saturated carbocycles. The Morgan fingerprint density at radius 2 is 1.54 bits per heavy atom. The summed E-state index contributed by atoms with van der Waals surface area (Å²) in [4.78, 5) is 25.8. The molecule has 0 bridgehead atoms. The number of nitriles is 2. The molecular weight excluding hydrogens is 364 g/mol. The zero-order chi connectivity index (χ0) is 20.3. The lowest BCUT2D eigenvalue weighted by Crippen LogP contribution is -1.88. The van der Waals surface area contributed by atoms with Crippen LogP contribution in [0.2, 0.25) is 0 Å². The zero-order valence-electron chi connectivity index (χ0n) is 14.0. The monoisotopic (exact) mass is 374 g/mol. The van der Waals surface area contributed by atoms with E-state index in [2.05, 4.69) is 9.97 Å². The third-order valence-corrected chi connectivity index (χ3v) is 4.00. The van der Waals surface area contributed by atoms with Gasteiger partial charge in [-0.1, -0.05) is 6.07 Å². The summed E-state index contributed by atoms with van der Waals surface area (Å²) in [7, 11) is 0. The number of nitro benzene ring substituents is 2. The van der Waals surface area contributed by atoms with Crippen LogP contribution in [0.25, 0.3) is 21.8 Å². The third kappa shape index (κ3) is 3.21. The average molecular weight is 374 g/mol. The number of rotatable bonds is 2. The SMILES string of the molecule is N#Cc1c[nH]c2cc([N+](=O)[O-])ccc12.N#Cc1c[nH]c2cccc([N+](=O)[O-])c12. The van der Waals surface area contributed by atoms with Crippen molar-refractivity contribution in [3.05, 3.63) is 80.1 Å². The van der Waals surface area contributed by atoms with E-state index in [0.717, 1.165) is 0 Å². The summed E-state index contributed by atoms with van der Waals surface area (Å²) in [6.07, 6.45) is 3.01. The predicted molar refractivity (Wildman–Crippen MR) is 99.3 cm³/mol. The molecule has 0 spiro atoms. The fraction of sp³-hybridized carbons (Fsp3) is 0. The molecule has 0 aliphatic rings. The fourth-order valence-electron chi connectivity index (χ4n) is 2.73. The number of nitrogens with one attached hydrogen (secondary N) is 2. The number of H-pyrrole nitrogens is 2. The quantitative estimate of drug-likeness (QED) is 0.399. The minimum absolute atomic E-state index is 0.0174. The number of non-ortho nitro benzene ring substituents is 2. The Kier molecular flexibility index (Phi) is 4.70. The van der Waals surface area contributed by atoms with Gasteiger partial charge >= 0.3 is 0 Å². The summed E-state index contributed by atoms with van der Waals surface area (Å²) in [6.45, 7) is 0. The molecule has 0 unspecified atom stereocenters. The van der Waals surface area contributed by atoms with Gasteiger partial charge in [-0.25, -0.2) is 0 Å². The number of aromatic nitrogens is 2. The Morgan fingerprint density at radius 1 is 0.857 bits per heavy atom. The van der Waals surface area contributed by atoms with Crippen molar-refractivity contribution in [3.8, 4) is 12.1 Å². The van der Waals surface area contributed by atoms with Crippen molar-refractivity contribution in [1.82, 2.24) is 9.97 Å². The highest BCUT2D eigenvalue weighted by Gasteiger charge is 2.15. The molecule has 136 valence electrons. The molecule has 4 aromatic rings. The van der Waals surface area contributed by atoms with Gasteiger partial charge in [0.1, 0.15) is 12.1 Å². The van der Waals surface area contributed by atoms with Crippen LogP contribution in [-0.4, -0.2) is 19.8 Å². The molecule has 2 aromatic carbocycles. The van der Waals surface area contributed by atoms with Crippen molar-refractivity contribution in [3.63, 3.8) is 0 Å². The summed E-state index contributed by atoms with van der Waals surface area (Å²) >= 11 is 0. The Morgan fingerprint density at radius 3 is 2.18 bits per heavy atom. The normalized spacial score (nSPS) is 9.93. The van der Waals surface area contributed by atoms with Crippen molar-refractivity contribution in [1.29, 1.82) is 10.5 Å². The average Bonchev–Trinajstić information content (AvgIpc) is 3.31. The van der Waals surface area contributed by atoms with Gasteiger partial charge in [0.15, 0.2) is 0 Å². The van der Waals surface area contributed by atoms with Crippen molar-refractivity contribution < 1.29 is 9.85 Å². The van der Waals surface area contributed by atoms with E-state index in [-0.39, 0.29) is 11.4 Å². The number of benzene rings is 2. The van der Waals surface area contributed by atoms with E-state index in [9.17, 15) is 20.2 Å². The lowest BCUT2D eigenvalue weighted by atomic mass is 10.1. The standard InChI is InChI=1S/2C9H5N3O2/c10-4-6-5-11-9-3-7(12(13)14)1-2-8(6)9;10-4-6-5-11-7-2-1-3-8(9(6)7)12(13)14/h2*1-3,5,11H. The third-order valence-electron chi connectivity index (χ3n) is 4.00. The van der Waals surface area contributed by atoms with Gasteiger partial charge in [-0.3, -0.25) is 20.2 Å². The Hall–Kier alpha value is -4.70. The Bertz CT molecular complexity index is 1300. The summed E-state index contributed by atoms with van der Waals surface area (Å²) in [5.74, 6) is 0. The summed E-state index contributed by atoms with van der Waals surface area (Å²) in [5.41, 5.74) is 1.98. The van der Waals surface area contributed by atoms with Crippen molar-refractivity contribution in [2.45, 2.75) is 0 Å². The molecule has 2 heterocycles. The van der Waals surface area contributed by atoms with Gasteiger partial charge in [-0.15, -0.1) is 0 Å². The maximum Gasteiger partial charge on any atom is 0.280 e. The number of hydrogen-bond donors (Lipinski definition) is 2. The molecule has 10 heteroatoms. The molecule has 2 aromatic heterocycles. The van der Waals surface area contributed by atoms with E-state index < -0.39 is 9.85 Å². The van der Waals surface area contributed by atoms with E-state index in [4.69, 9.17) is 10.5 Å². The van der Waals surface area contributed by atoms with Crippen LogP contribution < -0.4 is 0 Å². The number of fused-ring (bicyclic) bond motifs is 2. The molecule has 0 aliphatic carbocycles. The highest BCUT2D eigenvalue weighted by Crippen LogP contribution is 2.27. The number of aromatic amines is 2. The first-order valence-corrected chi connectivity index (χ1v) is 7.76. The lowest BCUT2D eigenvalue weighted by molar-refractivity contribution is -0.384. The van der Waals surface area contributed by atoms with Crippen LogP contribution in [0.4, 0.5) is 11.4 Å². The number of nitro groups is 2. The van der Waals surface area contributed by atoms with Gasteiger partial charge in [0.2, 0.25) is 0 Å². The van der Waals surface area contributed by atoms with E-state index in [1.807, 2.05) is 12.1 Å². The predicted octanol–water partition coefficient (Wildman–Crippen LogP) is 3.90. The number of nitrogens with zero attached hydrogens (tertiary/aromatic N) is 4. The lowest BCUT2D eigenvalue weighted by Gasteiger charge is -1.93. The first-order chi connectivity index (χ1) is 13.5. The molecule has 0 radical (unpaired) electrons. The Labute approximate surface area is 156 Å². The largest absolute Gasteiger partial charge is 0.360 e. The minimum Gasteiger partial charge on any atom is -0.360 e. The van der Waals surface area contributed by atoms with Crippen LogP contribution in [0.1, 0.15) is 11.1 Å². The van der Waals surface area contributed by atoms with Gasteiger partial charge in [-0.2, -0.15) is 10.5 Å². The van der Waals surface area contributed by atoms with Gasteiger partial charge in [0.05, 0.1) is 37.4 Å². The fourth-order valence-corrected chi connectivity index (χ4v) is 2.73. The molecule has 0 fully saturated rings. The maximum atomic E-state index is 10.7. The van der Waals surface area contributed by atoms with Crippen LogP contribution in [0.3, 0.4) is 0 Å². The summed E-state index contributed by atoms with van der Waals surface area (Å²) in [5, 5.41) is 39.6. The van der Waals surface area contributed by atoms with E-state index >= 15 is 0 Å². The van der Waals surface area contributed by atoms with Gasteiger partial charge in [-0.05, 0) is 12.1 Å². The Balaban J connectivity index is 0.000000161. The van der Waals surface area contributed by atoms with Crippen molar-refractivity contribution >= 4 is 33.2 Å². The molecule has 0 aliphatic heterocycles. The second kappa shape index (κ2) is 7.27. The highest BCUT2D eigenvalue weighted by molar-refractivity contribution is 5.93. The van der Waals surface area contributed by atoms with Crippen LogP contribution in [0, 0.1) is 42.9 Å². The second-order valence-electron chi connectivity index (χ2n) is 5.57. The molecule has 0 atom stereocenters. The second-order valence-corrected chi connectivity index (χ2v) is 5.57. The smallest absolute Gasteiger partial charge is 0.280 e. The van der Waals surface area contributed by atoms with Crippen LogP contribution >= 0.6 is 0 Å². The van der Waals surface area contributed by atoms with Crippen molar-refractivity contribution in [2.75, 3.05) is 0 Å². The molecule has 28 heavy (non-hydrogen) atoms. The summed E-state index contributed by atoms with van der Waals surface area (Å²) in [6, 6.07) is 12.9. The molecular formula is C18H10N6O4. The van der Waals surface area contributed by atoms with Crippen LogP contribution in [-0.2, 0) is 0 Å². The molecule has 0 saturated heterocycles. The highest BCUT2D eigenvalue weighted by atomic mass is 16.6. The molecule has 2 N–H and O–H groups in total. The van der Waals surface area contributed by atoms with Crippen LogP contribution in [0.5, 0.6) is 0 Å². The maximum absolute atomic E-state index is 10.7.